The summed E-state index contributed by atoms with van der Waals surface area (Å²) in [6.45, 7) is -0.129. The lowest BCUT2D eigenvalue weighted by Crippen LogP contribution is -2.44. The van der Waals surface area contributed by atoms with E-state index in [-0.39, 0.29) is 18.5 Å². The molecule has 0 spiro atoms. The molecular formula is C35H29N5O5. The zero-order chi connectivity index (χ0) is 31.2. The topological polar surface area (TPSA) is 129 Å². The molecule has 6 aromatic rings. The largest absolute Gasteiger partial charge is 0.467 e. The third-order valence-electron chi connectivity index (χ3n) is 8.44. The Hall–Kier alpha value is -5.90. The van der Waals surface area contributed by atoms with Crippen LogP contribution in [0.15, 0.2) is 91.4 Å². The van der Waals surface area contributed by atoms with Crippen molar-refractivity contribution in [2.75, 3.05) is 14.2 Å². The van der Waals surface area contributed by atoms with E-state index in [2.05, 4.69) is 15.3 Å². The van der Waals surface area contributed by atoms with Gasteiger partial charge in [0.05, 0.1) is 18.3 Å². The molecule has 3 aromatic carbocycles. The number of nitrogens with zero attached hydrogens (tertiary/aromatic N) is 2. The Morgan fingerprint density at radius 2 is 1.40 bits per heavy atom. The Bertz CT molecular complexity index is 2200. The first-order valence-corrected chi connectivity index (χ1v) is 14.5. The van der Waals surface area contributed by atoms with Crippen molar-refractivity contribution in [3.63, 3.8) is 0 Å². The van der Waals surface area contributed by atoms with E-state index < -0.39 is 29.7 Å². The van der Waals surface area contributed by atoms with Crippen LogP contribution in [0.4, 0.5) is 0 Å². The number of aromatic amines is 2. The van der Waals surface area contributed by atoms with Crippen molar-refractivity contribution >= 4 is 67.5 Å². The number of hydrogen-bond acceptors (Lipinski definition) is 5. The van der Waals surface area contributed by atoms with Gasteiger partial charge in [-0.15, -0.1) is 0 Å². The van der Waals surface area contributed by atoms with Crippen LogP contribution in [0, 0.1) is 0 Å². The SMILES string of the molecule is COC(=O)[C@H](Cc1c[nH]c2ccccc12)NC(=O)Cn1cc(C2=C(c3c[nH]c4ccccc34)C(=O)N(C)C2=O)c2ccccc21. The molecule has 4 heterocycles. The zero-order valence-electron chi connectivity index (χ0n) is 24.6. The van der Waals surface area contributed by atoms with Gasteiger partial charge in [0.2, 0.25) is 5.91 Å². The highest BCUT2D eigenvalue weighted by Gasteiger charge is 2.39. The van der Waals surface area contributed by atoms with Gasteiger partial charge in [0, 0.05) is 75.9 Å². The molecule has 1 aliphatic heterocycles. The van der Waals surface area contributed by atoms with Crippen LogP contribution >= 0.6 is 0 Å². The lowest BCUT2D eigenvalue weighted by molar-refractivity contribution is -0.145. The number of carbonyl (C=O) groups is 4. The number of ether oxygens (including phenoxy) is 1. The van der Waals surface area contributed by atoms with Crippen molar-refractivity contribution in [2.45, 2.75) is 19.0 Å². The maximum Gasteiger partial charge on any atom is 0.328 e. The summed E-state index contributed by atoms with van der Waals surface area (Å²) in [5.41, 5.74) is 5.11. The molecule has 1 aliphatic rings. The average Bonchev–Trinajstić information content (AvgIpc) is 3.81. The first kappa shape index (κ1) is 27.9. The van der Waals surface area contributed by atoms with Crippen LogP contribution in [0.1, 0.15) is 16.7 Å². The second-order valence-corrected chi connectivity index (χ2v) is 11.1. The number of imide groups is 1. The molecule has 10 nitrogen and oxygen atoms in total. The minimum absolute atomic E-state index is 0.129. The first-order chi connectivity index (χ1) is 21.9. The number of rotatable bonds is 8. The Morgan fingerprint density at radius 3 is 2.13 bits per heavy atom. The van der Waals surface area contributed by atoms with Crippen LogP contribution in [0.5, 0.6) is 0 Å². The maximum atomic E-state index is 13.6. The van der Waals surface area contributed by atoms with Crippen LogP contribution in [0.3, 0.4) is 0 Å². The van der Waals surface area contributed by atoms with Gasteiger partial charge < -0.3 is 24.6 Å². The van der Waals surface area contributed by atoms with Crippen molar-refractivity contribution in [3.05, 3.63) is 108 Å². The molecule has 7 rings (SSSR count). The standard InChI is InChI=1S/C35H29N5O5/c1-39-33(42)31(24-17-37-27-13-7-4-10-22(24)27)32(34(39)43)25-18-40(29-14-8-5-11-23(25)29)19-30(41)38-28(35(44)45-2)15-20-16-36-26-12-6-3-9-21(20)26/h3-14,16-18,28,36-37H,15,19H2,1-2H3,(H,38,41)/t28-/m0/s1. The second-order valence-electron chi connectivity index (χ2n) is 11.1. The number of aromatic nitrogens is 3. The third-order valence-corrected chi connectivity index (χ3v) is 8.44. The summed E-state index contributed by atoms with van der Waals surface area (Å²) in [4.78, 5) is 60.9. The number of carbonyl (C=O) groups excluding carboxylic acids is 4. The van der Waals surface area contributed by atoms with Crippen molar-refractivity contribution in [2.24, 2.45) is 0 Å². The van der Waals surface area contributed by atoms with E-state index >= 15 is 0 Å². The number of amides is 3. The van der Waals surface area contributed by atoms with Crippen LogP contribution in [-0.4, -0.2) is 63.3 Å². The van der Waals surface area contributed by atoms with Gasteiger partial charge in [0.15, 0.2) is 0 Å². The fraction of sp³-hybridized carbons (Fsp3) is 0.143. The van der Waals surface area contributed by atoms with Gasteiger partial charge in [-0.25, -0.2) is 4.79 Å². The molecule has 224 valence electrons. The van der Waals surface area contributed by atoms with Gasteiger partial charge in [-0.3, -0.25) is 19.3 Å². The van der Waals surface area contributed by atoms with Crippen LogP contribution in [0.25, 0.3) is 43.9 Å². The quantitative estimate of drug-likeness (QED) is 0.176. The van der Waals surface area contributed by atoms with E-state index in [1.807, 2.05) is 79.0 Å². The number of methoxy groups -OCH3 is 1. The van der Waals surface area contributed by atoms with Gasteiger partial charge in [-0.2, -0.15) is 0 Å². The normalized spacial score (nSPS) is 14.2. The van der Waals surface area contributed by atoms with Crippen molar-refractivity contribution in [3.8, 4) is 0 Å². The Morgan fingerprint density at radius 1 is 0.800 bits per heavy atom. The van der Waals surface area contributed by atoms with E-state index in [4.69, 9.17) is 4.74 Å². The number of hydrogen-bond donors (Lipinski definition) is 3. The van der Waals surface area contributed by atoms with E-state index in [9.17, 15) is 19.2 Å². The van der Waals surface area contributed by atoms with Crippen molar-refractivity contribution in [1.82, 2.24) is 24.8 Å². The molecule has 0 fully saturated rings. The first-order valence-electron chi connectivity index (χ1n) is 14.5. The minimum atomic E-state index is -0.915. The Labute approximate surface area is 257 Å². The lowest BCUT2D eigenvalue weighted by Gasteiger charge is -2.17. The molecular weight excluding hydrogens is 570 g/mol. The molecule has 0 radical (unpaired) electrons. The summed E-state index contributed by atoms with van der Waals surface area (Å²) >= 11 is 0. The molecule has 0 saturated carbocycles. The molecule has 10 heteroatoms. The molecule has 0 saturated heterocycles. The van der Waals surface area contributed by atoms with Gasteiger partial charge in [0.1, 0.15) is 12.6 Å². The Kier molecular flexibility index (Phi) is 6.81. The molecule has 3 aromatic heterocycles. The predicted molar refractivity (Wildman–Crippen MR) is 171 cm³/mol. The molecule has 3 N–H and O–H groups in total. The number of likely N-dealkylation sites (N-methyl/N-ethyl adjacent to an activating group) is 1. The third kappa shape index (κ3) is 4.67. The molecule has 0 unspecified atom stereocenters. The van der Waals surface area contributed by atoms with Crippen LogP contribution in [0.2, 0.25) is 0 Å². The number of fused-ring (bicyclic) bond motifs is 3. The maximum absolute atomic E-state index is 13.6. The number of esters is 1. The average molecular weight is 600 g/mol. The summed E-state index contributed by atoms with van der Waals surface area (Å²) in [5.74, 6) is -1.78. The fourth-order valence-electron chi connectivity index (χ4n) is 6.25. The Balaban J connectivity index is 1.25. The molecule has 3 amide bonds. The van der Waals surface area contributed by atoms with Gasteiger partial charge in [-0.1, -0.05) is 54.6 Å². The molecule has 1 atom stereocenters. The summed E-state index contributed by atoms with van der Waals surface area (Å²) in [5, 5.41) is 5.35. The predicted octanol–water partition coefficient (Wildman–Crippen LogP) is 4.41. The van der Waals surface area contributed by atoms with Gasteiger partial charge in [0.25, 0.3) is 11.8 Å². The number of para-hydroxylation sites is 3. The fourth-order valence-corrected chi connectivity index (χ4v) is 6.25. The van der Waals surface area contributed by atoms with E-state index in [1.54, 1.807) is 17.0 Å². The van der Waals surface area contributed by atoms with Crippen LogP contribution in [-0.2, 0) is 36.9 Å². The minimum Gasteiger partial charge on any atom is -0.467 e. The summed E-state index contributed by atoms with van der Waals surface area (Å²) in [7, 11) is 2.76. The monoisotopic (exact) mass is 599 g/mol. The van der Waals surface area contributed by atoms with Gasteiger partial charge >= 0.3 is 5.97 Å². The summed E-state index contributed by atoms with van der Waals surface area (Å²) in [6, 6.07) is 21.8. The van der Waals surface area contributed by atoms with Gasteiger partial charge in [-0.05, 0) is 23.8 Å². The highest BCUT2D eigenvalue weighted by Crippen LogP contribution is 2.40. The second kappa shape index (κ2) is 11.0. The van der Waals surface area contributed by atoms with Crippen LogP contribution < -0.4 is 5.32 Å². The van der Waals surface area contributed by atoms with E-state index in [0.717, 1.165) is 37.7 Å². The number of benzene rings is 3. The van der Waals surface area contributed by atoms with Crippen molar-refractivity contribution < 1.29 is 23.9 Å². The van der Waals surface area contributed by atoms with Crippen molar-refractivity contribution in [1.29, 1.82) is 0 Å². The number of nitrogens with one attached hydrogen (secondary N) is 3. The highest BCUT2D eigenvalue weighted by molar-refractivity contribution is 6.50. The molecule has 0 bridgehead atoms. The summed E-state index contributed by atoms with van der Waals surface area (Å²) < 4.78 is 6.75. The zero-order valence-corrected chi connectivity index (χ0v) is 24.6. The smallest absolute Gasteiger partial charge is 0.328 e. The molecule has 45 heavy (non-hydrogen) atoms. The van der Waals surface area contributed by atoms with E-state index in [1.165, 1.54) is 14.2 Å². The summed E-state index contributed by atoms with van der Waals surface area (Å²) in [6.07, 6.45) is 5.54. The molecule has 0 aliphatic carbocycles. The number of H-pyrrole nitrogens is 2. The van der Waals surface area contributed by atoms with E-state index in [0.29, 0.717) is 22.2 Å². The highest BCUT2D eigenvalue weighted by atomic mass is 16.5. The lowest BCUT2D eigenvalue weighted by atomic mass is 9.95.